The second-order valence-electron chi connectivity index (χ2n) is 5.77. The lowest BCUT2D eigenvalue weighted by Gasteiger charge is -2.12. The lowest BCUT2D eigenvalue weighted by Crippen LogP contribution is -2.11. The molecule has 0 amide bonds. The molecule has 1 unspecified atom stereocenters. The van der Waals surface area contributed by atoms with Crippen LogP contribution in [0, 0.1) is 0 Å². The van der Waals surface area contributed by atoms with Crippen molar-refractivity contribution in [3.8, 4) is 11.5 Å². The Labute approximate surface area is 124 Å². The van der Waals surface area contributed by atoms with E-state index in [1.54, 1.807) is 0 Å². The first-order chi connectivity index (χ1) is 10.3. The molecule has 4 rings (SSSR count). The Balaban J connectivity index is 1.46. The summed E-state index contributed by atoms with van der Waals surface area (Å²) in [4.78, 5) is 0. The summed E-state index contributed by atoms with van der Waals surface area (Å²) in [7, 11) is 0. The number of benzene rings is 2. The van der Waals surface area contributed by atoms with E-state index in [0.717, 1.165) is 29.9 Å². The van der Waals surface area contributed by atoms with E-state index < -0.39 is 0 Å². The van der Waals surface area contributed by atoms with Gasteiger partial charge in [0, 0.05) is 5.56 Å². The summed E-state index contributed by atoms with van der Waals surface area (Å²) in [6, 6.07) is 14.1. The number of rotatable bonds is 3. The summed E-state index contributed by atoms with van der Waals surface area (Å²) in [6.07, 6.45) is 1.45. The molecule has 2 atom stereocenters. The third kappa shape index (κ3) is 2.28. The van der Waals surface area contributed by atoms with E-state index >= 15 is 0 Å². The average molecular weight is 282 g/mol. The number of aliphatic hydroxyl groups is 1. The van der Waals surface area contributed by atoms with E-state index in [-0.39, 0.29) is 6.10 Å². The van der Waals surface area contributed by atoms with Crippen molar-refractivity contribution in [3.05, 3.63) is 59.2 Å². The van der Waals surface area contributed by atoms with Crippen LogP contribution >= 0.6 is 0 Å². The zero-order chi connectivity index (χ0) is 14.2. The first kappa shape index (κ1) is 12.7. The van der Waals surface area contributed by atoms with Crippen molar-refractivity contribution in [1.29, 1.82) is 0 Å². The molecule has 0 spiro atoms. The van der Waals surface area contributed by atoms with Crippen LogP contribution in [0.1, 0.15) is 35.1 Å². The Kier molecular flexibility index (Phi) is 3.08. The van der Waals surface area contributed by atoms with Crippen LogP contribution in [0.5, 0.6) is 11.5 Å². The van der Waals surface area contributed by atoms with E-state index in [1.165, 1.54) is 11.1 Å². The Morgan fingerprint density at radius 2 is 2.05 bits per heavy atom. The van der Waals surface area contributed by atoms with Gasteiger partial charge >= 0.3 is 0 Å². The highest BCUT2D eigenvalue weighted by atomic mass is 16.5. The molecule has 0 fully saturated rings. The summed E-state index contributed by atoms with van der Waals surface area (Å²) < 4.78 is 11.6. The van der Waals surface area contributed by atoms with Gasteiger partial charge in [-0.1, -0.05) is 24.3 Å². The van der Waals surface area contributed by atoms with Crippen molar-refractivity contribution < 1.29 is 14.6 Å². The van der Waals surface area contributed by atoms with Crippen LogP contribution in [-0.2, 0) is 6.42 Å². The number of fused-ring (bicyclic) bond motifs is 2. The van der Waals surface area contributed by atoms with Gasteiger partial charge in [0.2, 0.25) is 0 Å². The van der Waals surface area contributed by atoms with Crippen molar-refractivity contribution in [1.82, 2.24) is 0 Å². The molecule has 1 N–H and O–H groups in total. The third-order valence-electron chi connectivity index (χ3n) is 4.41. The topological polar surface area (TPSA) is 38.7 Å². The summed E-state index contributed by atoms with van der Waals surface area (Å²) in [5.41, 5.74) is 3.49. The quantitative estimate of drug-likeness (QED) is 0.939. The van der Waals surface area contributed by atoms with E-state index in [1.807, 2.05) is 30.3 Å². The monoisotopic (exact) mass is 282 g/mol. The highest BCUT2D eigenvalue weighted by molar-refractivity contribution is 5.41. The third-order valence-corrected chi connectivity index (χ3v) is 4.41. The number of para-hydroxylation sites is 1. The maximum atomic E-state index is 9.83. The van der Waals surface area contributed by atoms with Gasteiger partial charge in [-0.05, 0) is 42.2 Å². The van der Waals surface area contributed by atoms with Crippen molar-refractivity contribution in [3.63, 3.8) is 0 Å². The largest absolute Gasteiger partial charge is 0.493 e. The first-order valence-electron chi connectivity index (χ1n) is 7.46. The molecule has 0 aromatic heterocycles. The minimum Gasteiger partial charge on any atom is -0.493 e. The van der Waals surface area contributed by atoms with Crippen LogP contribution in [0.3, 0.4) is 0 Å². The fraction of sp³-hybridized carbons (Fsp3) is 0.333. The maximum Gasteiger partial charge on any atom is 0.123 e. The minimum atomic E-state index is -0.302. The molecule has 2 aromatic carbocycles. The molecule has 1 aliphatic heterocycles. The van der Waals surface area contributed by atoms with Gasteiger partial charge in [-0.15, -0.1) is 0 Å². The molecule has 1 heterocycles. The summed E-state index contributed by atoms with van der Waals surface area (Å²) in [6.45, 7) is 1.31. The molecule has 0 saturated carbocycles. The predicted molar refractivity (Wildman–Crippen MR) is 79.9 cm³/mol. The summed E-state index contributed by atoms with van der Waals surface area (Å²) >= 11 is 0. The Morgan fingerprint density at radius 3 is 3.00 bits per heavy atom. The highest BCUT2D eigenvalue weighted by Crippen LogP contribution is 2.35. The normalized spacial score (nSPS) is 22.5. The first-order valence-corrected chi connectivity index (χ1v) is 7.46. The van der Waals surface area contributed by atoms with Crippen LogP contribution in [0.4, 0.5) is 0 Å². The van der Waals surface area contributed by atoms with E-state index in [2.05, 4.69) is 12.1 Å². The lowest BCUT2D eigenvalue weighted by molar-refractivity contribution is 0.180. The Morgan fingerprint density at radius 1 is 1.14 bits per heavy atom. The number of hydrogen-bond donors (Lipinski definition) is 1. The number of aliphatic hydroxyl groups excluding tert-OH is 1. The molecule has 1 aliphatic carbocycles. The highest BCUT2D eigenvalue weighted by Gasteiger charge is 2.25. The molecule has 3 nitrogen and oxygen atoms in total. The average Bonchev–Trinajstić information content (AvgIpc) is 3.09. The van der Waals surface area contributed by atoms with E-state index in [9.17, 15) is 5.11 Å². The Bertz CT molecular complexity index is 665. The van der Waals surface area contributed by atoms with Crippen molar-refractivity contribution in [2.75, 3.05) is 13.2 Å². The van der Waals surface area contributed by atoms with Crippen LogP contribution in [0.2, 0.25) is 0 Å². The molecule has 3 heteroatoms. The molecular formula is C18H18O3. The zero-order valence-electron chi connectivity index (χ0n) is 11.8. The van der Waals surface area contributed by atoms with Crippen LogP contribution in [0.15, 0.2) is 42.5 Å². The van der Waals surface area contributed by atoms with Crippen LogP contribution in [0.25, 0.3) is 0 Å². The van der Waals surface area contributed by atoms with Gasteiger partial charge in [0.1, 0.15) is 11.5 Å². The van der Waals surface area contributed by atoms with Gasteiger partial charge in [0.25, 0.3) is 0 Å². The van der Waals surface area contributed by atoms with Gasteiger partial charge in [0.15, 0.2) is 0 Å². The molecule has 2 aliphatic rings. The maximum absolute atomic E-state index is 9.83. The fourth-order valence-corrected chi connectivity index (χ4v) is 3.23. The summed E-state index contributed by atoms with van der Waals surface area (Å²) in [5.74, 6) is 2.15. The molecule has 0 saturated heterocycles. The standard InChI is InChI=1S/C18H18O3/c19-17-8-5-12-9-14(6-7-15(12)17)20-10-13-11-21-18-4-2-1-3-16(13)18/h1-4,6-7,9,13,17,19H,5,8,10-11H2/t13?,17-/m0/s1. The van der Waals surface area contributed by atoms with Gasteiger partial charge in [-0.25, -0.2) is 0 Å². The smallest absolute Gasteiger partial charge is 0.123 e. The second-order valence-corrected chi connectivity index (χ2v) is 5.77. The van der Waals surface area contributed by atoms with Gasteiger partial charge in [0.05, 0.1) is 25.2 Å². The van der Waals surface area contributed by atoms with Crippen LogP contribution in [-0.4, -0.2) is 18.3 Å². The molecular weight excluding hydrogens is 264 g/mol. The second kappa shape index (κ2) is 5.08. The number of ether oxygens (including phenoxy) is 2. The summed E-state index contributed by atoms with van der Waals surface area (Å²) in [5, 5.41) is 9.83. The van der Waals surface area contributed by atoms with Gasteiger partial charge in [-0.3, -0.25) is 0 Å². The lowest BCUT2D eigenvalue weighted by atomic mass is 10.0. The van der Waals surface area contributed by atoms with Crippen LogP contribution < -0.4 is 9.47 Å². The molecule has 108 valence electrons. The van der Waals surface area contributed by atoms with Gasteiger partial charge in [-0.2, -0.15) is 0 Å². The number of aryl methyl sites for hydroxylation is 1. The van der Waals surface area contributed by atoms with Crippen molar-refractivity contribution in [2.45, 2.75) is 24.9 Å². The Hall–Kier alpha value is -2.00. The van der Waals surface area contributed by atoms with Gasteiger partial charge < -0.3 is 14.6 Å². The predicted octanol–water partition coefficient (Wildman–Crippen LogP) is 3.22. The van der Waals surface area contributed by atoms with Crippen molar-refractivity contribution in [2.24, 2.45) is 0 Å². The van der Waals surface area contributed by atoms with E-state index in [4.69, 9.17) is 9.47 Å². The minimum absolute atomic E-state index is 0.292. The molecule has 0 radical (unpaired) electrons. The van der Waals surface area contributed by atoms with Crippen molar-refractivity contribution >= 4 is 0 Å². The number of hydrogen-bond acceptors (Lipinski definition) is 3. The zero-order valence-corrected chi connectivity index (χ0v) is 11.8. The molecule has 0 bridgehead atoms. The fourth-order valence-electron chi connectivity index (χ4n) is 3.23. The molecule has 21 heavy (non-hydrogen) atoms. The molecule has 2 aromatic rings. The SMILES string of the molecule is O[C@H]1CCc2cc(OCC3COc4ccccc43)ccc21. The van der Waals surface area contributed by atoms with E-state index in [0.29, 0.717) is 19.1 Å².